The normalized spacial score (nSPS) is 12.4. The lowest BCUT2D eigenvalue weighted by molar-refractivity contribution is -0.142. The van der Waals surface area contributed by atoms with Crippen molar-refractivity contribution in [3.05, 3.63) is 20.7 Å². The number of aryl methyl sites for hydroxylation is 1. The Morgan fingerprint density at radius 1 is 1.45 bits per heavy atom. The van der Waals surface area contributed by atoms with Crippen LogP contribution in [0.1, 0.15) is 32.4 Å². The van der Waals surface area contributed by atoms with Gasteiger partial charge in [0.15, 0.2) is 0 Å². The van der Waals surface area contributed by atoms with Gasteiger partial charge >= 0.3 is 10.8 Å². The van der Waals surface area contributed by atoms with E-state index in [2.05, 4.69) is 5.32 Å². The molecular weight excluding hydrogens is 280 g/mol. The Balaban J connectivity index is 2.54. The van der Waals surface area contributed by atoms with Gasteiger partial charge < -0.3 is 15.0 Å². The summed E-state index contributed by atoms with van der Waals surface area (Å²) in [6.45, 7) is 5.87. The fourth-order valence-electron chi connectivity index (χ4n) is 1.85. The van der Waals surface area contributed by atoms with Crippen LogP contribution in [0.2, 0.25) is 0 Å². The highest BCUT2D eigenvalue weighted by Gasteiger charge is 2.20. The molecule has 1 aromatic rings. The maximum Gasteiger partial charge on any atom is 0.326 e. The summed E-state index contributed by atoms with van der Waals surface area (Å²) in [6.07, 6.45) is 0.484. The number of aliphatic carboxylic acids is 1. The second-order valence-electron chi connectivity index (χ2n) is 5.13. The van der Waals surface area contributed by atoms with Crippen molar-refractivity contribution < 1.29 is 14.7 Å². The molecule has 0 radical (unpaired) electrons. The Hall–Kier alpha value is -1.63. The molecular formula is C13H20N2O4S. The molecule has 0 spiro atoms. The number of thiazole rings is 1. The van der Waals surface area contributed by atoms with Crippen LogP contribution in [0.5, 0.6) is 0 Å². The van der Waals surface area contributed by atoms with Crippen molar-refractivity contribution in [3.8, 4) is 0 Å². The SMILES string of the molecule is Cc1csc(=O)n1CCC(=O)NC(CC(C)C)C(=O)O. The number of carboxylic acid groups (broad SMARTS) is 1. The minimum Gasteiger partial charge on any atom is -0.480 e. The molecule has 0 aliphatic rings. The molecule has 1 aromatic heterocycles. The second kappa shape index (κ2) is 7.23. The molecule has 112 valence electrons. The van der Waals surface area contributed by atoms with Crippen LogP contribution in [-0.4, -0.2) is 27.6 Å². The zero-order valence-electron chi connectivity index (χ0n) is 11.9. The largest absolute Gasteiger partial charge is 0.480 e. The van der Waals surface area contributed by atoms with Gasteiger partial charge in [-0.2, -0.15) is 0 Å². The molecule has 0 aromatic carbocycles. The van der Waals surface area contributed by atoms with E-state index in [1.54, 1.807) is 12.3 Å². The lowest BCUT2D eigenvalue weighted by Crippen LogP contribution is -2.42. The summed E-state index contributed by atoms with van der Waals surface area (Å²) in [5.41, 5.74) is 0.810. The summed E-state index contributed by atoms with van der Waals surface area (Å²) in [7, 11) is 0. The maximum absolute atomic E-state index is 11.8. The monoisotopic (exact) mass is 300 g/mol. The van der Waals surface area contributed by atoms with Crippen LogP contribution in [0.25, 0.3) is 0 Å². The molecule has 0 fully saturated rings. The van der Waals surface area contributed by atoms with E-state index in [9.17, 15) is 14.4 Å². The molecule has 1 heterocycles. The first-order valence-electron chi connectivity index (χ1n) is 6.48. The van der Waals surface area contributed by atoms with Crippen LogP contribution in [0, 0.1) is 12.8 Å². The highest BCUT2D eigenvalue weighted by molar-refractivity contribution is 7.07. The van der Waals surface area contributed by atoms with E-state index in [0.717, 1.165) is 17.0 Å². The van der Waals surface area contributed by atoms with Crippen molar-refractivity contribution in [2.45, 2.75) is 46.2 Å². The summed E-state index contributed by atoms with van der Waals surface area (Å²) in [4.78, 5) is 34.2. The van der Waals surface area contributed by atoms with Crippen LogP contribution >= 0.6 is 11.3 Å². The number of carbonyl (C=O) groups excluding carboxylic acids is 1. The molecule has 1 unspecified atom stereocenters. The topological polar surface area (TPSA) is 88.4 Å². The van der Waals surface area contributed by atoms with Crippen molar-refractivity contribution >= 4 is 23.2 Å². The van der Waals surface area contributed by atoms with Crippen LogP contribution < -0.4 is 10.2 Å². The smallest absolute Gasteiger partial charge is 0.326 e. The van der Waals surface area contributed by atoms with Gasteiger partial charge in [0, 0.05) is 24.0 Å². The molecule has 0 saturated heterocycles. The number of nitrogens with one attached hydrogen (secondary N) is 1. The highest BCUT2D eigenvalue weighted by atomic mass is 32.1. The standard InChI is InChI=1S/C13H20N2O4S/c1-8(2)6-10(12(17)18)14-11(16)4-5-15-9(3)7-20-13(15)19/h7-8,10H,4-6H2,1-3H3,(H,14,16)(H,17,18). The van der Waals surface area contributed by atoms with Gasteiger partial charge in [0.25, 0.3) is 0 Å². The van der Waals surface area contributed by atoms with Crippen LogP contribution in [0.3, 0.4) is 0 Å². The average molecular weight is 300 g/mol. The molecule has 0 aliphatic heterocycles. The summed E-state index contributed by atoms with van der Waals surface area (Å²) >= 11 is 1.09. The van der Waals surface area contributed by atoms with Crippen molar-refractivity contribution in [3.63, 3.8) is 0 Å². The molecule has 1 rings (SSSR count). The number of amides is 1. The van der Waals surface area contributed by atoms with E-state index in [4.69, 9.17) is 5.11 Å². The van der Waals surface area contributed by atoms with E-state index >= 15 is 0 Å². The van der Waals surface area contributed by atoms with Crippen molar-refractivity contribution in [2.75, 3.05) is 0 Å². The predicted octanol–water partition coefficient (Wildman–Crippen LogP) is 1.22. The first-order valence-corrected chi connectivity index (χ1v) is 7.36. The third kappa shape index (κ3) is 4.80. The number of rotatable bonds is 7. The first-order chi connectivity index (χ1) is 9.31. The molecule has 7 heteroatoms. The summed E-state index contributed by atoms with van der Waals surface area (Å²) < 4.78 is 1.52. The van der Waals surface area contributed by atoms with E-state index in [0.29, 0.717) is 6.42 Å². The van der Waals surface area contributed by atoms with Crippen LogP contribution in [-0.2, 0) is 16.1 Å². The van der Waals surface area contributed by atoms with E-state index in [-0.39, 0.29) is 29.7 Å². The minimum atomic E-state index is -1.03. The van der Waals surface area contributed by atoms with Crippen molar-refractivity contribution in [1.82, 2.24) is 9.88 Å². The number of hydrogen-bond donors (Lipinski definition) is 2. The number of nitrogens with zero attached hydrogens (tertiary/aromatic N) is 1. The fourth-order valence-corrected chi connectivity index (χ4v) is 2.61. The Morgan fingerprint density at radius 2 is 2.10 bits per heavy atom. The van der Waals surface area contributed by atoms with E-state index < -0.39 is 12.0 Å². The molecule has 0 saturated carbocycles. The molecule has 0 bridgehead atoms. The molecule has 0 aliphatic carbocycles. The average Bonchev–Trinajstić information content (AvgIpc) is 2.65. The summed E-state index contributed by atoms with van der Waals surface area (Å²) in [5, 5.41) is 13.3. The highest BCUT2D eigenvalue weighted by Crippen LogP contribution is 2.06. The number of carboxylic acids is 1. The van der Waals surface area contributed by atoms with Gasteiger partial charge in [-0.05, 0) is 19.3 Å². The van der Waals surface area contributed by atoms with Crippen LogP contribution in [0.15, 0.2) is 10.2 Å². The third-order valence-electron chi connectivity index (χ3n) is 2.88. The number of hydrogen-bond acceptors (Lipinski definition) is 4. The van der Waals surface area contributed by atoms with Crippen molar-refractivity contribution in [2.24, 2.45) is 5.92 Å². The van der Waals surface area contributed by atoms with Gasteiger partial charge in [-0.15, -0.1) is 0 Å². The van der Waals surface area contributed by atoms with Crippen LogP contribution in [0.4, 0.5) is 0 Å². The van der Waals surface area contributed by atoms with Gasteiger partial charge in [-0.1, -0.05) is 25.2 Å². The minimum absolute atomic E-state index is 0.0966. The molecule has 1 atom stereocenters. The molecule has 2 N–H and O–H groups in total. The lowest BCUT2D eigenvalue weighted by Gasteiger charge is -2.16. The zero-order chi connectivity index (χ0) is 15.3. The van der Waals surface area contributed by atoms with Crippen molar-refractivity contribution in [1.29, 1.82) is 0 Å². The maximum atomic E-state index is 11.8. The Morgan fingerprint density at radius 3 is 2.55 bits per heavy atom. The quantitative estimate of drug-likeness (QED) is 0.792. The Kier molecular flexibility index (Phi) is 5.94. The zero-order valence-corrected chi connectivity index (χ0v) is 12.7. The lowest BCUT2D eigenvalue weighted by atomic mass is 10.0. The van der Waals surface area contributed by atoms with Gasteiger partial charge in [0.05, 0.1) is 0 Å². The molecule has 1 amide bonds. The Bertz CT molecular complexity index is 533. The first kappa shape index (κ1) is 16.4. The number of carbonyl (C=O) groups is 2. The predicted molar refractivity (Wildman–Crippen MR) is 77.0 cm³/mol. The van der Waals surface area contributed by atoms with Gasteiger partial charge in [-0.3, -0.25) is 9.59 Å². The van der Waals surface area contributed by atoms with Gasteiger partial charge in [0.2, 0.25) is 5.91 Å². The van der Waals surface area contributed by atoms with Gasteiger partial charge in [0.1, 0.15) is 6.04 Å². The molecule has 20 heavy (non-hydrogen) atoms. The summed E-state index contributed by atoms with van der Waals surface area (Å²) in [6, 6.07) is -0.872. The second-order valence-corrected chi connectivity index (χ2v) is 5.95. The van der Waals surface area contributed by atoms with E-state index in [1.165, 1.54) is 4.57 Å². The molecule has 6 nitrogen and oxygen atoms in total. The number of aromatic nitrogens is 1. The fraction of sp³-hybridized carbons (Fsp3) is 0.615. The summed E-state index contributed by atoms with van der Waals surface area (Å²) in [5.74, 6) is -1.20. The third-order valence-corrected chi connectivity index (χ3v) is 3.76. The van der Waals surface area contributed by atoms with E-state index in [1.807, 2.05) is 13.8 Å². The van der Waals surface area contributed by atoms with Gasteiger partial charge in [-0.25, -0.2) is 4.79 Å². The Labute approximate surface area is 121 Å².